The molecule has 22 heavy (non-hydrogen) atoms. The van der Waals surface area contributed by atoms with Crippen LogP contribution in [-0.4, -0.2) is 5.11 Å². The number of rotatable bonds is 2. The molecule has 0 saturated heterocycles. The molecular formula is C14H9F5N2S. The lowest BCUT2D eigenvalue weighted by molar-refractivity contribution is -0.137. The molecule has 0 aliphatic heterocycles. The van der Waals surface area contributed by atoms with Crippen LogP contribution in [0, 0.1) is 11.6 Å². The Balaban J connectivity index is 2.01. The predicted octanol–water partition coefficient (Wildman–Crippen LogP) is 4.79. The molecular weight excluding hydrogens is 323 g/mol. The molecule has 0 fully saturated rings. The number of anilines is 2. The highest BCUT2D eigenvalue weighted by atomic mass is 32.1. The molecule has 2 nitrogen and oxygen atoms in total. The first-order valence-electron chi connectivity index (χ1n) is 5.96. The lowest BCUT2D eigenvalue weighted by Crippen LogP contribution is -2.19. The van der Waals surface area contributed by atoms with Crippen LogP contribution < -0.4 is 10.6 Å². The summed E-state index contributed by atoms with van der Waals surface area (Å²) in [6.45, 7) is 0. The zero-order valence-electron chi connectivity index (χ0n) is 10.8. The maximum atomic E-state index is 13.0. The minimum atomic E-state index is -4.41. The largest absolute Gasteiger partial charge is 0.416 e. The summed E-state index contributed by atoms with van der Waals surface area (Å²) in [6.07, 6.45) is -4.41. The van der Waals surface area contributed by atoms with E-state index in [2.05, 4.69) is 10.6 Å². The second-order valence-electron chi connectivity index (χ2n) is 4.28. The molecule has 0 amide bonds. The number of nitrogens with one attached hydrogen (secondary N) is 2. The van der Waals surface area contributed by atoms with Gasteiger partial charge in [0.05, 0.1) is 5.56 Å². The van der Waals surface area contributed by atoms with Gasteiger partial charge in [0.2, 0.25) is 0 Å². The van der Waals surface area contributed by atoms with Crippen LogP contribution in [0.3, 0.4) is 0 Å². The Labute approximate surface area is 128 Å². The Morgan fingerprint density at radius 1 is 0.818 bits per heavy atom. The molecule has 2 N–H and O–H groups in total. The molecule has 8 heteroatoms. The lowest BCUT2D eigenvalue weighted by Gasteiger charge is -2.12. The van der Waals surface area contributed by atoms with E-state index in [9.17, 15) is 22.0 Å². The van der Waals surface area contributed by atoms with E-state index in [4.69, 9.17) is 12.2 Å². The Morgan fingerprint density at radius 3 is 1.91 bits per heavy atom. The molecule has 116 valence electrons. The number of halogens is 5. The Morgan fingerprint density at radius 2 is 1.36 bits per heavy atom. The fraction of sp³-hybridized carbons (Fsp3) is 0.0714. The normalized spacial score (nSPS) is 11.1. The quantitative estimate of drug-likeness (QED) is 0.611. The minimum absolute atomic E-state index is 0.0331. The van der Waals surface area contributed by atoms with Crippen LogP contribution in [0.4, 0.5) is 33.3 Å². The standard InChI is InChI=1S/C14H9F5N2S/c15-11-6-5-10(7-12(11)16)21-13(22)20-9-3-1-8(2-4-9)14(17,18)19/h1-7H,(H2,20,21,22). The van der Waals surface area contributed by atoms with Gasteiger partial charge in [-0.3, -0.25) is 0 Å². The highest BCUT2D eigenvalue weighted by Gasteiger charge is 2.29. The Kier molecular flexibility index (Phi) is 4.60. The van der Waals surface area contributed by atoms with Crippen molar-refractivity contribution in [2.75, 3.05) is 10.6 Å². The SMILES string of the molecule is Fc1ccc(NC(=S)Nc2ccc(C(F)(F)F)cc2)cc1F. The molecule has 0 aromatic heterocycles. The van der Waals surface area contributed by atoms with Crippen molar-refractivity contribution in [1.29, 1.82) is 0 Å². The first-order chi connectivity index (χ1) is 10.3. The zero-order chi connectivity index (χ0) is 16.3. The third-order valence-electron chi connectivity index (χ3n) is 2.65. The average Bonchev–Trinajstić information content (AvgIpc) is 2.42. The molecule has 0 spiro atoms. The molecule has 0 bridgehead atoms. The van der Waals surface area contributed by atoms with E-state index in [1.54, 1.807) is 0 Å². The van der Waals surface area contributed by atoms with Gasteiger partial charge < -0.3 is 10.6 Å². The van der Waals surface area contributed by atoms with Gasteiger partial charge in [-0.05, 0) is 48.6 Å². The first-order valence-corrected chi connectivity index (χ1v) is 6.37. The summed E-state index contributed by atoms with van der Waals surface area (Å²) < 4.78 is 63.0. The van der Waals surface area contributed by atoms with Crippen molar-refractivity contribution in [2.45, 2.75) is 6.18 Å². The van der Waals surface area contributed by atoms with Crippen molar-refractivity contribution >= 4 is 28.7 Å². The van der Waals surface area contributed by atoms with Crippen molar-refractivity contribution in [3.63, 3.8) is 0 Å². The van der Waals surface area contributed by atoms with E-state index in [-0.39, 0.29) is 10.8 Å². The molecule has 0 heterocycles. The second kappa shape index (κ2) is 6.27. The summed E-state index contributed by atoms with van der Waals surface area (Å²) in [7, 11) is 0. The highest BCUT2D eigenvalue weighted by Crippen LogP contribution is 2.29. The molecule has 2 aromatic rings. The number of hydrogen-bond donors (Lipinski definition) is 2. The van der Waals surface area contributed by atoms with Crippen LogP contribution in [0.1, 0.15) is 5.56 Å². The van der Waals surface area contributed by atoms with Gasteiger partial charge in [-0.1, -0.05) is 0 Å². The van der Waals surface area contributed by atoms with E-state index < -0.39 is 23.4 Å². The predicted molar refractivity (Wildman–Crippen MR) is 77.6 cm³/mol. The van der Waals surface area contributed by atoms with Gasteiger partial charge in [0.15, 0.2) is 16.7 Å². The summed E-state index contributed by atoms with van der Waals surface area (Å²) in [6, 6.07) is 7.35. The van der Waals surface area contributed by atoms with Gasteiger partial charge in [-0.15, -0.1) is 0 Å². The number of benzene rings is 2. The molecule has 0 unspecified atom stereocenters. The van der Waals surface area contributed by atoms with Gasteiger partial charge in [0.1, 0.15) is 0 Å². The van der Waals surface area contributed by atoms with Crippen molar-refractivity contribution in [2.24, 2.45) is 0 Å². The molecule has 2 rings (SSSR count). The Hall–Kier alpha value is -2.22. The number of thiocarbonyl (C=S) groups is 1. The first kappa shape index (κ1) is 16.2. The van der Waals surface area contributed by atoms with Crippen LogP contribution in [-0.2, 0) is 6.18 Å². The molecule has 0 aliphatic rings. The molecule has 0 radical (unpaired) electrons. The summed E-state index contributed by atoms with van der Waals surface area (Å²) in [5.74, 6) is -2.03. The van der Waals surface area contributed by atoms with Crippen LogP contribution in [0.25, 0.3) is 0 Å². The van der Waals surface area contributed by atoms with Crippen molar-refractivity contribution in [1.82, 2.24) is 0 Å². The minimum Gasteiger partial charge on any atom is -0.332 e. The fourth-order valence-electron chi connectivity index (χ4n) is 1.61. The van der Waals surface area contributed by atoms with Crippen LogP contribution in [0.2, 0.25) is 0 Å². The summed E-state index contributed by atoms with van der Waals surface area (Å²) >= 11 is 4.94. The smallest absolute Gasteiger partial charge is 0.332 e. The fourth-order valence-corrected chi connectivity index (χ4v) is 1.85. The van der Waals surface area contributed by atoms with Gasteiger partial charge in [0, 0.05) is 17.4 Å². The van der Waals surface area contributed by atoms with E-state index >= 15 is 0 Å². The van der Waals surface area contributed by atoms with Crippen LogP contribution in [0.5, 0.6) is 0 Å². The van der Waals surface area contributed by atoms with Crippen LogP contribution >= 0.6 is 12.2 Å². The number of alkyl halides is 3. The monoisotopic (exact) mass is 332 g/mol. The maximum absolute atomic E-state index is 13.0. The van der Waals surface area contributed by atoms with Gasteiger partial charge in [0.25, 0.3) is 0 Å². The van der Waals surface area contributed by atoms with Gasteiger partial charge in [-0.25, -0.2) is 8.78 Å². The van der Waals surface area contributed by atoms with Crippen LogP contribution in [0.15, 0.2) is 42.5 Å². The maximum Gasteiger partial charge on any atom is 0.416 e. The van der Waals surface area contributed by atoms with E-state index in [0.717, 1.165) is 24.3 Å². The third-order valence-corrected chi connectivity index (χ3v) is 2.85. The van der Waals surface area contributed by atoms with Gasteiger partial charge in [-0.2, -0.15) is 13.2 Å². The van der Waals surface area contributed by atoms with Crippen molar-refractivity contribution in [3.05, 3.63) is 59.7 Å². The lowest BCUT2D eigenvalue weighted by atomic mass is 10.2. The topological polar surface area (TPSA) is 24.1 Å². The van der Waals surface area contributed by atoms with Crippen molar-refractivity contribution < 1.29 is 22.0 Å². The summed E-state index contributed by atoms with van der Waals surface area (Å²) in [4.78, 5) is 0. The highest BCUT2D eigenvalue weighted by molar-refractivity contribution is 7.80. The van der Waals surface area contributed by atoms with Crippen molar-refractivity contribution in [3.8, 4) is 0 Å². The van der Waals surface area contributed by atoms with Gasteiger partial charge >= 0.3 is 6.18 Å². The van der Waals surface area contributed by atoms with E-state index in [0.29, 0.717) is 5.69 Å². The molecule has 0 atom stereocenters. The summed E-state index contributed by atoms with van der Waals surface area (Å²) in [5, 5.41) is 5.27. The molecule has 2 aromatic carbocycles. The second-order valence-corrected chi connectivity index (χ2v) is 4.69. The third kappa shape index (κ3) is 4.14. The molecule has 0 aliphatic carbocycles. The Bertz CT molecular complexity index is 683. The summed E-state index contributed by atoms with van der Waals surface area (Å²) in [5.41, 5.74) is -0.242. The van der Waals surface area contributed by atoms with E-state index in [1.807, 2.05) is 0 Å². The number of hydrogen-bond acceptors (Lipinski definition) is 1. The molecule has 0 saturated carbocycles. The average molecular weight is 332 g/mol. The van der Waals surface area contributed by atoms with E-state index in [1.165, 1.54) is 18.2 Å². The zero-order valence-corrected chi connectivity index (χ0v) is 11.7.